The lowest BCUT2D eigenvalue weighted by Crippen LogP contribution is -2.15. The Kier molecular flexibility index (Phi) is 5.04. The Hall–Kier alpha value is -3.21. The monoisotopic (exact) mass is 332 g/mol. The summed E-state index contributed by atoms with van der Waals surface area (Å²) < 4.78 is 0. The van der Waals surface area contributed by atoms with Crippen LogP contribution in [0.1, 0.15) is 16.7 Å². The Morgan fingerprint density at radius 3 is 2.24 bits per heavy atom. The molecule has 1 heterocycles. The van der Waals surface area contributed by atoms with Crippen LogP contribution in [0.5, 0.6) is 0 Å². The van der Waals surface area contributed by atoms with Crippen LogP contribution in [-0.4, -0.2) is 16.1 Å². The van der Waals surface area contributed by atoms with E-state index in [-0.39, 0.29) is 5.91 Å². The van der Waals surface area contributed by atoms with Crippen LogP contribution in [0.2, 0.25) is 0 Å². The number of hydrogen-bond acceptors (Lipinski definition) is 4. The number of carbonyl (C=O) groups excluding carboxylic acids is 1. The lowest BCUT2D eigenvalue weighted by molar-refractivity contribution is -0.115. The Morgan fingerprint density at radius 1 is 0.880 bits per heavy atom. The molecule has 2 N–H and O–H groups in total. The van der Waals surface area contributed by atoms with Crippen LogP contribution < -0.4 is 10.6 Å². The maximum atomic E-state index is 12.1. The number of anilines is 3. The molecule has 25 heavy (non-hydrogen) atoms. The first-order valence-electron chi connectivity index (χ1n) is 8.11. The van der Waals surface area contributed by atoms with E-state index in [2.05, 4.69) is 20.8 Å². The number of amides is 1. The van der Waals surface area contributed by atoms with Gasteiger partial charge in [0.1, 0.15) is 0 Å². The van der Waals surface area contributed by atoms with E-state index in [4.69, 9.17) is 0 Å². The molecule has 5 heteroatoms. The van der Waals surface area contributed by atoms with Crippen molar-refractivity contribution in [1.29, 1.82) is 0 Å². The van der Waals surface area contributed by atoms with Crippen LogP contribution >= 0.6 is 0 Å². The lowest BCUT2D eigenvalue weighted by atomic mass is 10.1. The molecule has 0 bridgehead atoms. The summed E-state index contributed by atoms with van der Waals surface area (Å²) >= 11 is 0. The fraction of sp³-hybridized carbons (Fsp3) is 0.150. The standard InChI is InChI=1S/C20H20N4O/c1-14-5-3-7-16(11-14)13-20(25)22-19-10-9-18(23-24-19)21-17-8-4-6-15(2)12-17/h3-12H,13H2,1-2H3,(H,21,23)(H,22,24,25). The number of hydrogen-bond donors (Lipinski definition) is 2. The highest BCUT2D eigenvalue weighted by atomic mass is 16.1. The third-order valence-electron chi connectivity index (χ3n) is 3.67. The first kappa shape index (κ1) is 16.6. The topological polar surface area (TPSA) is 66.9 Å². The minimum absolute atomic E-state index is 0.112. The molecule has 0 aliphatic rings. The van der Waals surface area contributed by atoms with Crippen LogP contribution in [0.15, 0.2) is 60.7 Å². The van der Waals surface area contributed by atoms with E-state index >= 15 is 0 Å². The van der Waals surface area contributed by atoms with Crippen molar-refractivity contribution >= 4 is 23.2 Å². The molecule has 0 saturated carbocycles. The second kappa shape index (κ2) is 7.57. The number of rotatable bonds is 5. The predicted octanol–water partition coefficient (Wildman–Crippen LogP) is 4.02. The molecule has 126 valence electrons. The van der Waals surface area contributed by atoms with Gasteiger partial charge in [0.15, 0.2) is 11.6 Å². The number of nitrogens with zero attached hydrogens (tertiary/aromatic N) is 2. The smallest absolute Gasteiger partial charge is 0.229 e. The van der Waals surface area contributed by atoms with E-state index in [1.54, 1.807) is 12.1 Å². The van der Waals surface area contributed by atoms with Crippen molar-refractivity contribution in [3.05, 3.63) is 77.4 Å². The summed E-state index contributed by atoms with van der Waals surface area (Å²) in [6.45, 7) is 4.04. The fourth-order valence-electron chi connectivity index (χ4n) is 2.53. The summed E-state index contributed by atoms with van der Waals surface area (Å²) in [6, 6.07) is 19.4. The summed E-state index contributed by atoms with van der Waals surface area (Å²) in [5.74, 6) is 0.953. The lowest BCUT2D eigenvalue weighted by Gasteiger charge is -2.07. The summed E-state index contributed by atoms with van der Waals surface area (Å²) in [5, 5.41) is 14.1. The van der Waals surface area contributed by atoms with Gasteiger partial charge in [0.05, 0.1) is 6.42 Å². The highest BCUT2D eigenvalue weighted by Crippen LogP contribution is 2.16. The number of aryl methyl sites for hydroxylation is 2. The van der Waals surface area contributed by atoms with Crippen LogP contribution in [-0.2, 0) is 11.2 Å². The Morgan fingerprint density at radius 2 is 1.56 bits per heavy atom. The number of benzene rings is 2. The Bertz CT molecular complexity index is 875. The van der Waals surface area contributed by atoms with Crippen molar-refractivity contribution < 1.29 is 4.79 Å². The van der Waals surface area contributed by atoms with Crippen LogP contribution in [0.25, 0.3) is 0 Å². The Balaban J connectivity index is 1.59. The first-order chi connectivity index (χ1) is 12.1. The van der Waals surface area contributed by atoms with E-state index in [0.717, 1.165) is 22.4 Å². The second-order valence-corrected chi connectivity index (χ2v) is 6.01. The Labute approximate surface area is 147 Å². The largest absolute Gasteiger partial charge is 0.339 e. The zero-order valence-corrected chi connectivity index (χ0v) is 14.3. The third kappa shape index (κ3) is 4.88. The van der Waals surface area contributed by atoms with Gasteiger partial charge in [-0.05, 0) is 49.2 Å². The molecule has 2 aromatic carbocycles. The van der Waals surface area contributed by atoms with Crippen molar-refractivity contribution in [3.8, 4) is 0 Å². The van der Waals surface area contributed by atoms with E-state index < -0.39 is 0 Å². The van der Waals surface area contributed by atoms with Crippen molar-refractivity contribution in [2.24, 2.45) is 0 Å². The van der Waals surface area contributed by atoms with Crippen molar-refractivity contribution in [2.45, 2.75) is 20.3 Å². The maximum absolute atomic E-state index is 12.1. The van der Waals surface area contributed by atoms with Gasteiger partial charge in [-0.3, -0.25) is 4.79 Å². The fourth-order valence-corrected chi connectivity index (χ4v) is 2.53. The van der Waals surface area contributed by atoms with Gasteiger partial charge >= 0.3 is 0 Å². The molecule has 0 saturated heterocycles. The minimum atomic E-state index is -0.112. The number of carbonyl (C=O) groups is 1. The number of nitrogens with one attached hydrogen (secondary N) is 2. The zero-order valence-electron chi connectivity index (χ0n) is 14.3. The number of aromatic nitrogens is 2. The molecule has 0 spiro atoms. The molecule has 0 atom stereocenters. The summed E-state index contributed by atoms with van der Waals surface area (Å²) in [4.78, 5) is 12.1. The van der Waals surface area contributed by atoms with Crippen LogP contribution in [0.4, 0.5) is 17.3 Å². The van der Waals surface area contributed by atoms with Gasteiger partial charge in [-0.15, -0.1) is 10.2 Å². The molecule has 1 amide bonds. The van der Waals surface area contributed by atoms with Crippen molar-refractivity contribution in [2.75, 3.05) is 10.6 Å². The average Bonchev–Trinajstić information content (AvgIpc) is 2.57. The van der Waals surface area contributed by atoms with Crippen molar-refractivity contribution in [3.63, 3.8) is 0 Å². The SMILES string of the molecule is Cc1cccc(CC(=O)Nc2ccc(Nc3cccc(C)c3)nn2)c1. The predicted molar refractivity (Wildman–Crippen MR) is 100 cm³/mol. The molecule has 3 rings (SSSR count). The van der Waals surface area contributed by atoms with Crippen LogP contribution in [0, 0.1) is 13.8 Å². The van der Waals surface area contributed by atoms with Gasteiger partial charge in [0.2, 0.25) is 5.91 Å². The highest BCUT2D eigenvalue weighted by Gasteiger charge is 2.06. The van der Waals surface area contributed by atoms with Gasteiger partial charge < -0.3 is 10.6 Å². The quantitative estimate of drug-likeness (QED) is 0.740. The van der Waals surface area contributed by atoms with Gasteiger partial charge in [-0.2, -0.15) is 0 Å². The third-order valence-corrected chi connectivity index (χ3v) is 3.67. The molecule has 0 unspecified atom stereocenters. The summed E-state index contributed by atoms with van der Waals surface area (Å²) in [6.07, 6.45) is 0.312. The van der Waals surface area contributed by atoms with Gasteiger partial charge in [-0.25, -0.2) is 0 Å². The summed E-state index contributed by atoms with van der Waals surface area (Å²) in [7, 11) is 0. The molecular formula is C20H20N4O. The molecule has 5 nitrogen and oxygen atoms in total. The molecule has 0 aliphatic carbocycles. The van der Waals surface area contributed by atoms with E-state index in [1.807, 2.05) is 62.4 Å². The zero-order chi connectivity index (χ0) is 17.6. The molecule has 1 aromatic heterocycles. The molecule has 3 aromatic rings. The van der Waals surface area contributed by atoms with Crippen molar-refractivity contribution in [1.82, 2.24) is 10.2 Å². The van der Waals surface area contributed by atoms with Crippen LogP contribution in [0.3, 0.4) is 0 Å². The van der Waals surface area contributed by atoms with Gasteiger partial charge in [0.25, 0.3) is 0 Å². The normalized spacial score (nSPS) is 10.3. The van der Waals surface area contributed by atoms with Gasteiger partial charge in [0, 0.05) is 5.69 Å². The molecule has 0 radical (unpaired) electrons. The average molecular weight is 332 g/mol. The molecule has 0 aliphatic heterocycles. The molecule has 0 fully saturated rings. The van der Waals surface area contributed by atoms with Gasteiger partial charge in [-0.1, -0.05) is 42.0 Å². The minimum Gasteiger partial charge on any atom is -0.339 e. The van der Waals surface area contributed by atoms with E-state index in [0.29, 0.717) is 18.1 Å². The highest BCUT2D eigenvalue weighted by molar-refractivity contribution is 5.91. The second-order valence-electron chi connectivity index (χ2n) is 6.01. The first-order valence-corrected chi connectivity index (χ1v) is 8.11. The maximum Gasteiger partial charge on any atom is 0.229 e. The molecular weight excluding hydrogens is 312 g/mol. The van der Waals surface area contributed by atoms with E-state index in [9.17, 15) is 4.79 Å². The summed E-state index contributed by atoms with van der Waals surface area (Å²) in [5.41, 5.74) is 4.23. The van der Waals surface area contributed by atoms with E-state index in [1.165, 1.54) is 0 Å².